The normalized spacial score (nSPS) is 17.2. The second-order valence-electron chi connectivity index (χ2n) is 3.65. The molecular formula is C13H10IN3O2. The van der Waals surface area contributed by atoms with Gasteiger partial charge < -0.3 is 10.8 Å². The van der Waals surface area contributed by atoms with Crippen LogP contribution in [0.15, 0.2) is 42.5 Å². The van der Waals surface area contributed by atoms with Gasteiger partial charge in [-0.3, -0.25) is 0 Å². The fourth-order valence-corrected chi connectivity index (χ4v) is 2.18. The third kappa shape index (κ3) is 3.08. The lowest BCUT2D eigenvalue weighted by atomic mass is 10.1. The molecule has 5 nitrogen and oxygen atoms in total. The molecule has 0 radical (unpaired) electrons. The number of nitrogens with zero attached hydrogens (tertiary/aromatic N) is 2. The van der Waals surface area contributed by atoms with Crippen LogP contribution in [-0.4, -0.2) is 21.0 Å². The summed E-state index contributed by atoms with van der Waals surface area (Å²) in [5, 5.41) is 9.03. The summed E-state index contributed by atoms with van der Waals surface area (Å²) in [6.45, 7) is 0. The molecule has 0 atom stereocenters. The van der Waals surface area contributed by atoms with Crippen molar-refractivity contribution in [2.75, 3.05) is 5.73 Å². The summed E-state index contributed by atoms with van der Waals surface area (Å²) in [6.07, 6.45) is 13.0. The van der Waals surface area contributed by atoms with Crippen LogP contribution >= 0.6 is 22.6 Å². The van der Waals surface area contributed by atoms with E-state index in [4.69, 9.17) is 10.8 Å². The van der Waals surface area contributed by atoms with Crippen molar-refractivity contribution in [2.45, 2.75) is 0 Å². The number of hydrogen-bond acceptors (Lipinski definition) is 4. The average molecular weight is 367 g/mol. The molecule has 1 aliphatic carbocycles. The van der Waals surface area contributed by atoms with E-state index in [-0.39, 0.29) is 11.5 Å². The molecule has 0 unspecified atom stereocenters. The van der Waals surface area contributed by atoms with Gasteiger partial charge in [-0.1, -0.05) is 42.5 Å². The predicted octanol–water partition coefficient (Wildman–Crippen LogP) is 2.43. The predicted molar refractivity (Wildman–Crippen MR) is 81.5 cm³/mol. The van der Waals surface area contributed by atoms with E-state index in [1.165, 1.54) is 0 Å². The maximum atomic E-state index is 11.0. The molecule has 1 aromatic rings. The summed E-state index contributed by atoms with van der Waals surface area (Å²) in [6, 6.07) is 0. The van der Waals surface area contributed by atoms with Crippen molar-refractivity contribution in [3.05, 3.63) is 57.6 Å². The highest BCUT2D eigenvalue weighted by molar-refractivity contribution is 14.1. The minimum absolute atomic E-state index is 0.0773. The topological polar surface area (TPSA) is 89.1 Å². The van der Waals surface area contributed by atoms with Gasteiger partial charge in [-0.15, -0.1) is 0 Å². The number of nitrogens with two attached hydrogens (primary N) is 1. The van der Waals surface area contributed by atoms with Crippen LogP contribution < -0.4 is 5.73 Å². The molecule has 0 amide bonds. The monoisotopic (exact) mass is 367 g/mol. The fourth-order valence-electron chi connectivity index (χ4n) is 1.49. The maximum absolute atomic E-state index is 11.0. The number of hydrogen-bond donors (Lipinski definition) is 2. The van der Waals surface area contributed by atoms with Crippen LogP contribution in [0.3, 0.4) is 0 Å². The molecule has 0 saturated heterocycles. The van der Waals surface area contributed by atoms with E-state index in [1.807, 2.05) is 65.1 Å². The number of carbonyl (C=O) groups is 1. The number of anilines is 1. The third-order valence-electron chi connectivity index (χ3n) is 2.35. The molecule has 0 aliphatic heterocycles. The summed E-state index contributed by atoms with van der Waals surface area (Å²) in [4.78, 5) is 19.2. The zero-order valence-electron chi connectivity index (χ0n) is 9.75. The van der Waals surface area contributed by atoms with Crippen LogP contribution in [0.2, 0.25) is 0 Å². The summed E-state index contributed by atoms with van der Waals surface area (Å²) in [5.74, 6) is -1.26. The number of nitrogen functional groups attached to an aromatic ring is 1. The lowest BCUT2D eigenvalue weighted by molar-refractivity contribution is 0.0691. The second kappa shape index (κ2) is 5.79. The largest absolute Gasteiger partial charge is 0.476 e. The zero-order chi connectivity index (χ0) is 13.8. The standard InChI is InChI=1S/C13H10IN3O2/c14-11-9(8-6-4-2-1-3-5-7-8)16-10(13(18)19)12(15)17-11/h1-7H,(H2,15,17)(H,18,19)/b2-1-,3-1?,4-2?,5-3-,6-4?,7-5?,8-6?,8-7?. The summed E-state index contributed by atoms with van der Waals surface area (Å²) in [7, 11) is 0. The van der Waals surface area contributed by atoms with Crippen LogP contribution in [0.4, 0.5) is 5.82 Å². The van der Waals surface area contributed by atoms with Crippen LogP contribution in [0.1, 0.15) is 16.2 Å². The fraction of sp³-hybridized carbons (Fsp3) is 0. The highest BCUT2D eigenvalue weighted by atomic mass is 127. The van der Waals surface area contributed by atoms with Crippen molar-refractivity contribution in [1.82, 2.24) is 9.97 Å². The zero-order valence-corrected chi connectivity index (χ0v) is 11.9. The van der Waals surface area contributed by atoms with E-state index in [0.717, 1.165) is 5.57 Å². The molecule has 19 heavy (non-hydrogen) atoms. The Morgan fingerprint density at radius 2 is 1.84 bits per heavy atom. The van der Waals surface area contributed by atoms with E-state index in [9.17, 15) is 4.79 Å². The number of allylic oxidation sites excluding steroid dienone is 8. The third-order valence-corrected chi connectivity index (χ3v) is 3.10. The Morgan fingerprint density at radius 3 is 2.58 bits per heavy atom. The van der Waals surface area contributed by atoms with Crippen molar-refractivity contribution in [3.8, 4) is 0 Å². The Kier molecular flexibility index (Phi) is 4.10. The number of rotatable bonds is 2. The van der Waals surface area contributed by atoms with Gasteiger partial charge in [-0.25, -0.2) is 14.8 Å². The average Bonchev–Trinajstić information content (AvgIpc) is 2.29. The summed E-state index contributed by atoms with van der Waals surface area (Å²) in [5.41, 5.74) is 6.61. The first-order valence-corrected chi connectivity index (χ1v) is 6.46. The lowest BCUT2D eigenvalue weighted by Gasteiger charge is -2.07. The molecule has 96 valence electrons. The highest BCUT2D eigenvalue weighted by Crippen LogP contribution is 2.22. The van der Waals surface area contributed by atoms with Crippen LogP contribution in [-0.2, 0) is 0 Å². The van der Waals surface area contributed by atoms with Crippen molar-refractivity contribution >= 4 is 40.0 Å². The van der Waals surface area contributed by atoms with Crippen LogP contribution in [0.5, 0.6) is 0 Å². The van der Waals surface area contributed by atoms with Gasteiger partial charge in [-0.05, 0) is 22.6 Å². The Bertz CT molecular complexity index is 646. The smallest absolute Gasteiger partial charge is 0.358 e. The van der Waals surface area contributed by atoms with Gasteiger partial charge in [0.1, 0.15) is 9.39 Å². The van der Waals surface area contributed by atoms with Gasteiger partial charge in [0.15, 0.2) is 11.5 Å². The Morgan fingerprint density at radius 1 is 1.16 bits per heavy atom. The second-order valence-corrected chi connectivity index (χ2v) is 4.67. The number of aromatic carboxylic acids is 1. The minimum Gasteiger partial charge on any atom is -0.476 e. The summed E-state index contributed by atoms with van der Waals surface area (Å²) >= 11 is 1.99. The molecule has 2 rings (SSSR count). The minimum atomic E-state index is -1.19. The Labute approximate surface area is 123 Å². The lowest BCUT2D eigenvalue weighted by Crippen LogP contribution is -2.11. The van der Waals surface area contributed by atoms with Crippen molar-refractivity contribution in [1.29, 1.82) is 0 Å². The first kappa shape index (κ1) is 13.5. The quantitative estimate of drug-likeness (QED) is 0.784. The van der Waals surface area contributed by atoms with E-state index in [2.05, 4.69) is 9.97 Å². The van der Waals surface area contributed by atoms with Gasteiger partial charge in [0, 0.05) is 5.57 Å². The molecule has 6 heteroatoms. The molecule has 0 aromatic carbocycles. The first-order chi connectivity index (χ1) is 9.09. The number of carboxylic acids is 1. The van der Waals surface area contributed by atoms with E-state index >= 15 is 0 Å². The highest BCUT2D eigenvalue weighted by Gasteiger charge is 2.16. The summed E-state index contributed by atoms with van der Waals surface area (Å²) < 4.78 is 0.564. The molecule has 0 fully saturated rings. The Balaban J connectivity index is 2.56. The van der Waals surface area contributed by atoms with Crippen LogP contribution in [0.25, 0.3) is 5.57 Å². The molecule has 3 N–H and O–H groups in total. The molecule has 0 spiro atoms. The molecule has 0 bridgehead atoms. The molecule has 1 aromatic heterocycles. The Hall–Kier alpha value is -1.96. The molecule has 1 heterocycles. The maximum Gasteiger partial charge on any atom is 0.358 e. The van der Waals surface area contributed by atoms with Crippen molar-refractivity contribution < 1.29 is 9.90 Å². The first-order valence-electron chi connectivity index (χ1n) is 5.38. The molecular weight excluding hydrogens is 357 g/mol. The van der Waals surface area contributed by atoms with Crippen molar-refractivity contribution in [2.24, 2.45) is 0 Å². The van der Waals surface area contributed by atoms with E-state index < -0.39 is 5.97 Å². The van der Waals surface area contributed by atoms with Gasteiger partial charge >= 0.3 is 5.97 Å². The molecule has 1 aliphatic rings. The van der Waals surface area contributed by atoms with Crippen LogP contribution in [0, 0.1) is 3.70 Å². The van der Waals surface area contributed by atoms with E-state index in [0.29, 0.717) is 9.39 Å². The van der Waals surface area contributed by atoms with Crippen molar-refractivity contribution in [3.63, 3.8) is 0 Å². The number of aromatic nitrogens is 2. The SMILES string of the molecule is Nc1nc(I)c(C2=C/C=C\C=C/C=C2)nc1C(=O)O. The van der Waals surface area contributed by atoms with E-state index in [1.54, 1.807) is 0 Å². The van der Waals surface area contributed by atoms with Gasteiger partial charge in [0.25, 0.3) is 0 Å². The van der Waals surface area contributed by atoms with Gasteiger partial charge in [0.2, 0.25) is 0 Å². The number of carboxylic acid groups (broad SMARTS) is 1. The van der Waals surface area contributed by atoms with Gasteiger partial charge in [0.05, 0.1) is 0 Å². The number of halogens is 1. The molecule has 0 saturated carbocycles. The van der Waals surface area contributed by atoms with Gasteiger partial charge in [-0.2, -0.15) is 0 Å².